The average molecular weight is 334 g/mol. The Morgan fingerprint density at radius 1 is 1.30 bits per heavy atom. The molecule has 0 aliphatic carbocycles. The van der Waals surface area contributed by atoms with E-state index >= 15 is 0 Å². The number of nitrogens with one attached hydrogen (secondary N) is 2. The summed E-state index contributed by atoms with van der Waals surface area (Å²) in [4.78, 5) is 23.1. The molecule has 0 radical (unpaired) electrons. The number of tetrazole rings is 1. The van der Waals surface area contributed by atoms with Crippen molar-refractivity contribution in [2.45, 2.75) is 31.2 Å². The molecule has 0 spiro atoms. The first-order valence-electron chi connectivity index (χ1n) is 6.97. The van der Waals surface area contributed by atoms with E-state index in [4.69, 9.17) is 0 Å². The van der Waals surface area contributed by atoms with Crippen molar-refractivity contribution in [2.75, 3.05) is 7.05 Å². The van der Waals surface area contributed by atoms with Gasteiger partial charge in [-0.1, -0.05) is 23.9 Å². The Balaban J connectivity index is 2.20. The molecule has 1 atom stereocenters. The normalized spacial score (nSPS) is 11.8. The van der Waals surface area contributed by atoms with E-state index in [1.54, 1.807) is 11.6 Å². The second-order valence-electron chi connectivity index (χ2n) is 4.99. The second kappa shape index (κ2) is 7.23. The molecule has 0 aliphatic rings. The summed E-state index contributed by atoms with van der Waals surface area (Å²) in [6.45, 7) is 5.64. The van der Waals surface area contributed by atoms with E-state index in [9.17, 15) is 9.59 Å². The monoisotopic (exact) mass is 334 g/mol. The fourth-order valence-electron chi connectivity index (χ4n) is 1.84. The Kier molecular flexibility index (Phi) is 5.32. The van der Waals surface area contributed by atoms with Crippen molar-refractivity contribution >= 4 is 23.7 Å². The van der Waals surface area contributed by atoms with Gasteiger partial charge in [0.2, 0.25) is 11.1 Å². The third kappa shape index (κ3) is 4.07. The molecular weight excluding hydrogens is 316 g/mol. The Morgan fingerprint density at radius 3 is 2.74 bits per heavy atom. The van der Waals surface area contributed by atoms with Gasteiger partial charge in [-0.15, -0.1) is 5.10 Å². The lowest BCUT2D eigenvalue weighted by molar-refractivity contribution is -0.119. The third-order valence-corrected chi connectivity index (χ3v) is 4.18. The van der Waals surface area contributed by atoms with Crippen molar-refractivity contribution in [2.24, 2.45) is 0 Å². The molecule has 0 aliphatic heterocycles. The number of hydrogen-bond acceptors (Lipinski definition) is 6. The van der Waals surface area contributed by atoms with Gasteiger partial charge in [0, 0.05) is 7.05 Å². The number of amides is 3. The van der Waals surface area contributed by atoms with Crippen LogP contribution in [0.15, 0.2) is 23.4 Å². The van der Waals surface area contributed by atoms with Gasteiger partial charge in [0.1, 0.15) is 0 Å². The van der Waals surface area contributed by atoms with Gasteiger partial charge < -0.3 is 5.32 Å². The maximum Gasteiger partial charge on any atom is 0.321 e. The lowest BCUT2D eigenvalue weighted by Gasteiger charge is -2.12. The quantitative estimate of drug-likeness (QED) is 0.815. The van der Waals surface area contributed by atoms with E-state index in [0.29, 0.717) is 5.16 Å². The summed E-state index contributed by atoms with van der Waals surface area (Å²) in [5, 5.41) is 16.2. The summed E-state index contributed by atoms with van der Waals surface area (Å²) in [6.07, 6.45) is 0. The number of carbonyl (C=O) groups is 2. The molecule has 1 aromatic heterocycles. The lowest BCUT2D eigenvalue weighted by Crippen LogP contribution is -2.41. The minimum atomic E-state index is -0.545. The SMILES string of the molecule is CNC(=O)NC(=O)[C@H](C)Sc1nnnn1-c1cc(C)ccc1C. The largest absolute Gasteiger partial charge is 0.341 e. The fraction of sp³-hybridized carbons (Fsp3) is 0.357. The molecule has 3 amide bonds. The van der Waals surface area contributed by atoms with Crippen LogP contribution in [0, 0.1) is 13.8 Å². The van der Waals surface area contributed by atoms with Gasteiger partial charge in [-0.2, -0.15) is 4.68 Å². The standard InChI is InChI=1S/C14H18N6O2S/c1-8-5-6-9(2)11(7-8)20-14(17-18-19-20)23-10(3)12(21)16-13(22)15-4/h5-7,10H,1-4H3,(H2,15,16,21,22)/t10-/m0/s1. The highest BCUT2D eigenvalue weighted by Gasteiger charge is 2.21. The number of aryl methyl sites for hydroxylation is 2. The lowest BCUT2D eigenvalue weighted by atomic mass is 10.1. The first kappa shape index (κ1) is 16.9. The van der Waals surface area contributed by atoms with Crippen LogP contribution >= 0.6 is 11.8 Å². The molecule has 23 heavy (non-hydrogen) atoms. The molecule has 0 saturated heterocycles. The Labute approximate surface area is 138 Å². The Bertz CT molecular complexity index is 730. The van der Waals surface area contributed by atoms with Gasteiger partial charge in [-0.25, -0.2) is 4.79 Å². The molecule has 122 valence electrons. The van der Waals surface area contributed by atoms with E-state index in [1.165, 1.54) is 18.8 Å². The van der Waals surface area contributed by atoms with Crippen LogP contribution in [-0.4, -0.2) is 44.4 Å². The maximum atomic E-state index is 11.9. The van der Waals surface area contributed by atoms with Crippen LogP contribution in [0.25, 0.3) is 5.69 Å². The average Bonchev–Trinajstić information content (AvgIpc) is 2.97. The molecule has 9 heteroatoms. The highest BCUT2D eigenvalue weighted by atomic mass is 32.2. The van der Waals surface area contributed by atoms with Gasteiger partial charge in [-0.3, -0.25) is 10.1 Å². The summed E-state index contributed by atoms with van der Waals surface area (Å²) >= 11 is 1.18. The second-order valence-corrected chi connectivity index (χ2v) is 6.30. The number of benzene rings is 1. The third-order valence-electron chi connectivity index (χ3n) is 3.15. The van der Waals surface area contributed by atoms with Crippen molar-refractivity contribution in [3.8, 4) is 5.69 Å². The fourth-order valence-corrected chi connectivity index (χ4v) is 2.64. The van der Waals surface area contributed by atoms with Gasteiger partial charge >= 0.3 is 6.03 Å². The summed E-state index contributed by atoms with van der Waals surface area (Å²) in [6, 6.07) is 5.43. The van der Waals surface area contributed by atoms with Crippen LogP contribution in [0.1, 0.15) is 18.1 Å². The van der Waals surface area contributed by atoms with Crippen molar-refractivity contribution < 1.29 is 9.59 Å². The molecule has 2 N–H and O–H groups in total. The van der Waals surface area contributed by atoms with Crippen molar-refractivity contribution in [1.29, 1.82) is 0 Å². The van der Waals surface area contributed by atoms with E-state index in [2.05, 4.69) is 26.2 Å². The maximum absolute atomic E-state index is 11.9. The molecule has 2 rings (SSSR count). The zero-order chi connectivity index (χ0) is 17.0. The van der Waals surface area contributed by atoms with Crippen LogP contribution in [0.3, 0.4) is 0 Å². The molecule has 0 bridgehead atoms. The summed E-state index contributed by atoms with van der Waals surface area (Å²) in [5.41, 5.74) is 2.96. The van der Waals surface area contributed by atoms with Crippen LogP contribution < -0.4 is 10.6 Å². The predicted octanol–water partition coefficient (Wildman–Crippen LogP) is 1.22. The molecule has 1 aromatic carbocycles. The smallest absolute Gasteiger partial charge is 0.321 e. The number of thioether (sulfide) groups is 1. The molecule has 8 nitrogen and oxygen atoms in total. The van der Waals surface area contributed by atoms with E-state index in [1.807, 2.05) is 32.0 Å². The molecule has 0 saturated carbocycles. The van der Waals surface area contributed by atoms with Gasteiger partial charge in [-0.05, 0) is 48.4 Å². The molecule has 0 unspecified atom stereocenters. The minimum Gasteiger partial charge on any atom is -0.341 e. The highest BCUT2D eigenvalue weighted by molar-refractivity contribution is 8.00. The van der Waals surface area contributed by atoms with Crippen molar-refractivity contribution in [1.82, 2.24) is 30.8 Å². The highest BCUT2D eigenvalue weighted by Crippen LogP contribution is 2.24. The number of hydrogen-bond donors (Lipinski definition) is 2. The molecule has 2 aromatic rings. The number of urea groups is 1. The van der Waals surface area contributed by atoms with Crippen molar-refractivity contribution in [3.63, 3.8) is 0 Å². The first-order chi connectivity index (χ1) is 10.9. The zero-order valence-electron chi connectivity index (χ0n) is 13.3. The van der Waals surface area contributed by atoms with E-state index in [0.717, 1.165) is 16.8 Å². The Hall–Kier alpha value is -2.42. The van der Waals surface area contributed by atoms with Gasteiger partial charge in [0.25, 0.3) is 0 Å². The molecule has 0 fully saturated rings. The van der Waals surface area contributed by atoms with E-state index < -0.39 is 17.2 Å². The summed E-state index contributed by atoms with van der Waals surface area (Å²) in [5.74, 6) is -0.412. The van der Waals surface area contributed by atoms with Crippen LogP contribution in [0.5, 0.6) is 0 Å². The summed E-state index contributed by atoms with van der Waals surface area (Å²) < 4.78 is 1.59. The summed E-state index contributed by atoms with van der Waals surface area (Å²) in [7, 11) is 1.45. The van der Waals surface area contributed by atoms with Gasteiger partial charge in [0.15, 0.2) is 0 Å². The van der Waals surface area contributed by atoms with Crippen LogP contribution in [-0.2, 0) is 4.79 Å². The van der Waals surface area contributed by atoms with Crippen LogP contribution in [0.2, 0.25) is 0 Å². The number of aromatic nitrogens is 4. The predicted molar refractivity (Wildman–Crippen MR) is 86.5 cm³/mol. The Morgan fingerprint density at radius 2 is 2.04 bits per heavy atom. The zero-order valence-corrected chi connectivity index (χ0v) is 14.1. The van der Waals surface area contributed by atoms with Crippen LogP contribution in [0.4, 0.5) is 4.79 Å². The number of rotatable bonds is 4. The first-order valence-corrected chi connectivity index (χ1v) is 7.85. The topological polar surface area (TPSA) is 102 Å². The van der Waals surface area contributed by atoms with Gasteiger partial charge in [0.05, 0.1) is 10.9 Å². The van der Waals surface area contributed by atoms with Crippen molar-refractivity contribution in [3.05, 3.63) is 29.3 Å². The number of imide groups is 1. The minimum absolute atomic E-state index is 0.412. The van der Waals surface area contributed by atoms with E-state index in [-0.39, 0.29) is 0 Å². The number of carbonyl (C=O) groups excluding carboxylic acids is 2. The number of nitrogens with zero attached hydrogens (tertiary/aromatic N) is 4. The molecule has 1 heterocycles. The molecular formula is C14H18N6O2S.